The van der Waals surface area contributed by atoms with Crippen molar-refractivity contribution in [3.63, 3.8) is 0 Å². The number of nitrogens with zero attached hydrogens (tertiary/aromatic N) is 4. The van der Waals surface area contributed by atoms with Gasteiger partial charge < -0.3 is 15.2 Å². The fraction of sp³-hybridized carbons (Fsp3) is 0.448. The number of anilines is 1. The Morgan fingerprint density at radius 1 is 1.22 bits per heavy atom. The second kappa shape index (κ2) is 9.65. The fourth-order valence-corrected chi connectivity index (χ4v) is 6.98. The Hall–Kier alpha value is -3.10. The second-order valence-corrected chi connectivity index (χ2v) is 12.3. The number of nitrogens with one attached hydrogen (secondary N) is 2. The second-order valence-electron chi connectivity index (χ2n) is 11.1. The molecule has 0 bridgehead atoms. The van der Waals surface area contributed by atoms with Crippen LogP contribution in [0.5, 0.6) is 0 Å². The van der Waals surface area contributed by atoms with Crippen molar-refractivity contribution < 1.29 is 4.79 Å². The number of carbonyl (C=O) groups is 1. The lowest BCUT2D eigenvalue weighted by Crippen LogP contribution is -2.43. The van der Waals surface area contributed by atoms with Gasteiger partial charge in [-0.15, -0.1) is 21.5 Å². The molecule has 7 nitrogen and oxygen atoms in total. The van der Waals surface area contributed by atoms with E-state index < -0.39 is 0 Å². The number of aryl methyl sites for hydroxylation is 2. The van der Waals surface area contributed by atoms with E-state index in [1.54, 1.807) is 17.7 Å². The van der Waals surface area contributed by atoms with E-state index in [0.717, 1.165) is 64.7 Å². The molecule has 192 valence electrons. The van der Waals surface area contributed by atoms with Gasteiger partial charge in [0.25, 0.3) is 5.91 Å². The van der Waals surface area contributed by atoms with Crippen LogP contribution in [0.3, 0.4) is 0 Å². The molecule has 2 aliphatic rings. The third-order valence-electron chi connectivity index (χ3n) is 8.13. The predicted octanol–water partition coefficient (Wildman–Crippen LogP) is 5.59. The first kappa shape index (κ1) is 24.2. The van der Waals surface area contributed by atoms with E-state index in [0.29, 0.717) is 11.6 Å². The number of rotatable bonds is 8. The number of amides is 1. The van der Waals surface area contributed by atoms with Gasteiger partial charge in [-0.3, -0.25) is 4.79 Å². The fourth-order valence-electron chi connectivity index (χ4n) is 6.05. The smallest absolute Gasteiger partial charge is 0.274 e. The Balaban J connectivity index is 1.25. The first-order valence-electron chi connectivity index (χ1n) is 13.3. The third kappa shape index (κ3) is 4.57. The molecule has 2 aliphatic carbocycles. The van der Waals surface area contributed by atoms with Crippen LogP contribution in [0.15, 0.2) is 42.7 Å². The molecular formula is C29H34N6OS. The molecular weight excluding hydrogens is 480 g/mol. The molecule has 0 radical (unpaired) electrons. The molecule has 4 aromatic rings. The Kier molecular flexibility index (Phi) is 6.32. The van der Waals surface area contributed by atoms with E-state index in [9.17, 15) is 4.79 Å². The highest BCUT2D eigenvalue weighted by Crippen LogP contribution is 2.51. The van der Waals surface area contributed by atoms with Gasteiger partial charge >= 0.3 is 0 Å². The number of benzene rings is 1. The van der Waals surface area contributed by atoms with Crippen molar-refractivity contribution in [3.05, 3.63) is 70.2 Å². The number of aromatic nitrogens is 4. The molecule has 1 amide bonds. The van der Waals surface area contributed by atoms with Gasteiger partial charge in [0, 0.05) is 29.5 Å². The molecule has 2 saturated carbocycles. The summed E-state index contributed by atoms with van der Waals surface area (Å²) in [7, 11) is 2.00. The average molecular weight is 515 g/mol. The maximum absolute atomic E-state index is 13.4. The Morgan fingerprint density at radius 2 is 2.05 bits per heavy atom. The molecule has 6 rings (SSSR count). The topological polar surface area (TPSA) is 84.7 Å². The number of hydrogen-bond donors (Lipinski definition) is 2. The first-order valence-corrected chi connectivity index (χ1v) is 14.1. The van der Waals surface area contributed by atoms with Crippen molar-refractivity contribution in [2.24, 2.45) is 18.9 Å². The molecule has 0 saturated heterocycles. The van der Waals surface area contributed by atoms with Gasteiger partial charge in [-0.25, -0.2) is 4.98 Å². The van der Waals surface area contributed by atoms with E-state index in [1.165, 1.54) is 24.1 Å². The third-order valence-corrected chi connectivity index (χ3v) is 9.07. The monoisotopic (exact) mass is 514 g/mol. The minimum absolute atomic E-state index is 0.170. The van der Waals surface area contributed by atoms with Crippen molar-refractivity contribution in [1.82, 2.24) is 25.1 Å². The highest BCUT2D eigenvalue weighted by atomic mass is 32.1. The van der Waals surface area contributed by atoms with Crippen molar-refractivity contribution in [3.8, 4) is 0 Å². The SMILES string of the molecule is Cc1cc2c(CNCC3CCC3)cc(C(=O)Nc3cccc(C4(c5nncn5C)CC(C)C4)c3)nc2s1. The molecule has 0 atom stereocenters. The van der Waals surface area contributed by atoms with Crippen LogP contribution in [-0.4, -0.2) is 32.2 Å². The Morgan fingerprint density at radius 3 is 2.76 bits per heavy atom. The highest BCUT2D eigenvalue weighted by Gasteiger charge is 2.48. The average Bonchev–Trinajstić information content (AvgIpc) is 3.43. The Bertz CT molecular complexity index is 1450. The molecule has 37 heavy (non-hydrogen) atoms. The lowest BCUT2D eigenvalue weighted by molar-refractivity contribution is 0.102. The summed E-state index contributed by atoms with van der Waals surface area (Å²) in [5.74, 6) is 2.21. The van der Waals surface area contributed by atoms with Gasteiger partial charge in [0.15, 0.2) is 0 Å². The van der Waals surface area contributed by atoms with Crippen LogP contribution in [0.4, 0.5) is 5.69 Å². The molecule has 0 spiro atoms. The van der Waals surface area contributed by atoms with Crippen LogP contribution in [0.25, 0.3) is 10.2 Å². The zero-order valence-electron chi connectivity index (χ0n) is 21.8. The number of pyridine rings is 1. The molecule has 0 unspecified atom stereocenters. The molecule has 2 fully saturated rings. The van der Waals surface area contributed by atoms with Gasteiger partial charge in [0.05, 0.1) is 5.41 Å². The van der Waals surface area contributed by atoms with Gasteiger partial charge in [-0.2, -0.15) is 0 Å². The van der Waals surface area contributed by atoms with Crippen LogP contribution in [0.1, 0.15) is 71.3 Å². The van der Waals surface area contributed by atoms with Crippen LogP contribution in [0.2, 0.25) is 0 Å². The minimum atomic E-state index is -0.181. The van der Waals surface area contributed by atoms with Crippen molar-refractivity contribution in [2.75, 3.05) is 11.9 Å². The van der Waals surface area contributed by atoms with Crippen molar-refractivity contribution >= 4 is 33.1 Å². The maximum Gasteiger partial charge on any atom is 0.274 e. The summed E-state index contributed by atoms with van der Waals surface area (Å²) in [5, 5.41) is 16.5. The molecule has 0 aliphatic heterocycles. The summed E-state index contributed by atoms with van der Waals surface area (Å²) >= 11 is 1.64. The first-order chi connectivity index (χ1) is 17.9. The summed E-state index contributed by atoms with van der Waals surface area (Å²) in [6.07, 6.45) is 7.78. The van der Waals surface area contributed by atoms with Crippen LogP contribution < -0.4 is 10.6 Å². The molecule has 2 N–H and O–H groups in total. The van der Waals surface area contributed by atoms with Gasteiger partial charge in [-0.05, 0) is 86.4 Å². The van der Waals surface area contributed by atoms with E-state index >= 15 is 0 Å². The summed E-state index contributed by atoms with van der Waals surface area (Å²) in [5.41, 5.74) is 3.36. The number of carbonyl (C=O) groups excluding carboxylic acids is 1. The summed E-state index contributed by atoms with van der Waals surface area (Å²) in [6.45, 7) is 6.15. The molecule has 8 heteroatoms. The lowest BCUT2D eigenvalue weighted by atomic mass is 9.58. The summed E-state index contributed by atoms with van der Waals surface area (Å²) in [6, 6.07) is 12.3. The number of hydrogen-bond acceptors (Lipinski definition) is 6. The number of thiophene rings is 1. The van der Waals surface area contributed by atoms with Crippen LogP contribution in [0, 0.1) is 18.8 Å². The van der Waals surface area contributed by atoms with Crippen molar-refractivity contribution in [2.45, 2.75) is 57.9 Å². The summed E-state index contributed by atoms with van der Waals surface area (Å²) < 4.78 is 2.01. The van der Waals surface area contributed by atoms with Gasteiger partial charge in [0.1, 0.15) is 22.7 Å². The van der Waals surface area contributed by atoms with Gasteiger partial charge in [0.2, 0.25) is 0 Å². The number of fused-ring (bicyclic) bond motifs is 1. The largest absolute Gasteiger partial charge is 0.321 e. The lowest BCUT2D eigenvalue weighted by Gasteiger charge is -2.46. The highest BCUT2D eigenvalue weighted by molar-refractivity contribution is 7.18. The molecule has 1 aromatic carbocycles. The Labute approximate surface area is 221 Å². The van der Waals surface area contributed by atoms with Crippen LogP contribution >= 0.6 is 11.3 Å². The normalized spacial score (nSPS) is 21.5. The quantitative estimate of drug-likeness (QED) is 0.320. The van der Waals surface area contributed by atoms with E-state index in [1.807, 2.05) is 29.8 Å². The van der Waals surface area contributed by atoms with Crippen LogP contribution in [-0.2, 0) is 19.0 Å². The maximum atomic E-state index is 13.4. The zero-order chi connectivity index (χ0) is 25.6. The van der Waals surface area contributed by atoms with Crippen molar-refractivity contribution in [1.29, 1.82) is 0 Å². The molecule has 3 heterocycles. The molecule has 3 aromatic heterocycles. The van der Waals surface area contributed by atoms with E-state index in [4.69, 9.17) is 4.98 Å². The standard InChI is InChI=1S/C29H34N6OS/c1-18-13-29(14-18,28-34-31-17-35(28)3)22-8-5-9-23(12-22)32-26(36)25-11-21(16-30-15-20-6-4-7-20)24-10-19(2)37-27(24)33-25/h5,8-12,17-18,20,30H,4,6-7,13-16H2,1-3H3,(H,32,36). The predicted molar refractivity (Wildman–Crippen MR) is 148 cm³/mol. The summed E-state index contributed by atoms with van der Waals surface area (Å²) in [4.78, 5) is 20.3. The van der Waals surface area contributed by atoms with E-state index in [2.05, 4.69) is 52.9 Å². The van der Waals surface area contributed by atoms with Gasteiger partial charge in [-0.1, -0.05) is 25.5 Å². The van der Waals surface area contributed by atoms with E-state index in [-0.39, 0.29) is 11.3 Å². The minimum Gasteiger partial charge on any atom is -0.321 e. The zero-order valence-corrected chi connectivity index (χ0v) is 22.6.